The van der Waals surface area contributed by atoms with Crippen LogP contribution in [0, 0.1) is 5.92 Å². The Morgan fingerprint density at radius 2 is 2.30 bits per heavy atom. The molecule has 5 aliphatic rings. The molecule has 5 atom stereocenters. The van der Waals surface area contributed by atoms with E-state index in [1.54, 1.807) is 0 Å². The summed E-state index contributed by atoms with van der Waals surface area (Å²) in [6.07, 6.45) is 5.72. The Kier molecular flexibility index (Phi) is 2.80. The van der Waals surface area contributed by atoms with Crippen LogP contribution in [0.25, 0.3) is 10.9 Å². The SMILES string of the molecule is CCC12CN3CCC1CC3[C@H](c1ccnc3ccc(N)cc13)O2. The molecule has 23 heavy (non-hydrogen) atoms. The number of rotatable bonds is 2. The zero-order chi connectivity index (χ0) is 15.6. The first-order chi connectivity index (χ1) is 11.2. The number of fused-ring (bicyclic) bond motifs is 3. The molecule has 0 amide bonds. The maximum atomic E-state index is 6.78. The second kappa shape index (κ2) is 4.68. The Hall–Kier alpha value is -1.65. The Balaban J connectivity index is 1.64. The van der Waals surface area contributed by atoms with Crippen LogP contribution in [0.5, 0.6) is 0 Å². The number of piperidine rings is 3. The maximum absolute atomic E-state index is 6.78. The second-order valence-corrected chi connectivity index (χ2v) is 7.39. The number of anilines is 1. The van der Waals surface area contributed by atoms with Crippen molar-refractivity contribution in [2.45, 2.75) is 43.9 Å². The van der Waals surface area contributed by atoms with Gasteiger partial charge < -0.3 is 10.5 Å². The lowest BCUT2D eigenvalue weighted by atomic mass is 9.66. The molecule has 5 saturated heterocycles. The number of hydrogen-bond acceptors (Lipinski definition) is 4. The molecular formula is C19H23N3O. The third-order valence-corrected chi connectivity index (χ3v) is 6.39. The van der Waals surface area contributed by atoms with Crippen molar-refractivity contribution in [3.63, 3.8) is 0 Å². The molecular weight excluding hydrogens is 286 g/mol. The number of nitrogen functional groups attached to an aromatic ring is 1. The minimum absolute atomic E-state index is 0.0492. The van der Waals surface area contributed by atoms with Crippen molar-refractivity contribution in [1.29, 1.82) is 0 Å². The summed E-state index contributed by atoms with van der Waals surface area (Å²) in [7, 11) is 0. The smallest absolute Gasteiger partial charge is 0.0995 e. The van der Waals surface area contributed by atoms with E-state index in [2.05, 4.69) is 28.9 Å². The molecule has 4 nitrogen and oxygen atoms in total. The van der Waals surface area contributed by atoms with Gasteiger partial charge in [0.1, 0.15) is 0 Å². The molecule has 0 saturated carbocycles. The lowest BCUT2D eigenvalue weighted by Crippen LogP contribution is -2.70. The Morgan fingerprint density at radius 3 is 3.09 bits per heavy atom. The summed E-state index contributed by atoms with van der Waals surface area (Å²) >= 11 is 0. The van der Waals surface area contributed by atoms with E-state index in [1.165, 1.54) is 24.9 Å². The molecule has 4 unspecified atom stereocenters. The second-order valence-electron chi connectivity index (χ2n) is 7.39. The minimum Gasteiger partial charge on any atom is -0.399 e. The number of nitrogens with zero attached hydrogens (tertiary/aromatic N) is 2. The van der Waals surface area contributed by atoms with Gasteiger partial charge >= 0.3 is 0 Å². The summed E-state index contributed by atoms with van der Waals surface area (Å²) in [5.41, 5.74) is 9.14. The molecule has 120 valence electrons. The fraction of sp³-hybridized carbons (Fsp3) is 0.526. The largest absolute Gasteiger partial charge is 0.399 e. The predicted molar refractivity (Wildman–Crippen MR) is 91.1 cm³/mol. The van der Waals surface area contributed by atoms with Crippen molar-refractivity contribution in [3.05, 3.63) is 36.0 Å². The van der Waals surface area contributed by atoms with Crippen LogP contribution >= 0.6 is 0 Å². The van der Waals surface area contributed by atoms with E-state index in [-0.39, 0.29) is 11.7 Å². The summed E-state index contributed by atoms with van der Waals surface area (Å²) in [6, 6.07) is 8.62. The van der Waals surface area contributed by atoms with Gasteiger partial charge in [-0.2, -0.15) is 0 Å². The zero-order valence-corrected chi connectivity index (χ0v) is 13.5. The van der Waals surface area contributed by atoms with Crippen molar-refractivity contribution in [3.8, 4) is 0 Å². The average Bonchev–Trinajstić information content (AvgIpc) is 2.61. The Bertz CT molecular complexity index is 776. The fourth-order valence-electron chi connectivity index (χ4n) is 5.16. The van der Waals surface area contributed by atoms with Gasteiger partial charge in [-0.05, 0) is 61.6 Å². The van der Waals surface area contributed by atoms with Gasteiger partial charge in [-0.25, -0.2) is 0 Å². The molecule has 1 aromatic carbocycles. The van der Waals surface area contributed by atoms with Crippen molar-refractivity contribution in [1.82, 2.24) is 9.88 Å². The lowest BCUT2D eigenvalue weighted by Gasteiger charge is -2.64. The van der Waals surface area contributed by atoms with Gasteiger partial charge in [0.15, 0.2) is 0 Å². The lowest BCUT2D eigenvalue weighted by molar-refractivity contribution is -0.274. The number of morpholine rings is 1. The van der Waals surface area contributed by atoms with Gasteiger partial charge in [0, 0.05) is 29.9 Å². The van der Waals surface area contributed by atoms with E-state index in [9.17, 15) is 0 Å². The molecule has 0 aliphatic carbocycles. The van der Waals surface area contributed by atoms with Crippen LogP contribution in [0.4, 0.5) is 5.69 Å². The fourth-order valence-corrected chi connectivity index (χ4v) is 5.16. The van der Waals surface area contributed by atoms with Crippen LogP contribution in [0.15, 0.2) is 30.5 Å². The van der Waals surface area contributed by atoms with Crippen LogP contribution in [-0.4, -0.2) is 34.6 Å². The van der Waals surface area contributed by atoms with Gasteiger partial charge in [0.05, 0.1) is 17.2 Å². The highest BCUT2D eigenvalue weighted by atomic mass is 16.5. The molecule has 0 spiro atoms. The third kappa shape index (κ3) is 1.82. The van der Waals surface area contributed by atoms with Crippen molar-refractivity contribution in [2.24, 2.45) is 5.92 Å². The van der Waals surface area contributed by atoms with Crippen LogP contribution in [0.1, 0.15) is 37.9 Å². The van der Waals surface area contributed by atoms with Gasteiger partial charge in [-0.1, -0.05) is 6.92 Å². The van der Waals surface area contributed by atoms with Gasteiger partial charge in [-0.15, -0.1) is 0 Å². The molecule has 0 radical (unpaired) electrons. The maximum Gasteiger partial charge on any atom is 0.0995 e. The van der Waals surface area contributed by atoms with Crippen LogP contribution in [0.2, 0.25) is 0 Å². The molecule has 4 bridgehead atoms. The Morgan fingerprint density at radius 1 is 1.39 bits per heavy atom. The van der Waals surface area contributed by atoms with Crippen molar-refractivity contribution in [2.75, 3.05) is 18.8 Å². The molecule has 1 aromatic heterocycles. The quantitative estimate of drug-likeness (QED) is 0.866. The highest BCUT2D eigenvalue weighted by molar-refractivity contribution is 5.85. The van der Waals surface area contributed by atoms with E-state index >= 15 is 0 Å². The summed E-state index contributed by atoms with van der Waals surface area (Å²) in [6.45, 7) is 4.62. The molecule has 6 heterocycles. The molecule has 7 rings (SSSR count). The summed E-state index contributed by atoms with van der Waals surface area (Å²) in [5.74, 6) is 0.733. The molecule has 4 heteroatoms. The summed E-state index contributed by atoms with van der Waals surface area (Å²) in [5, 5.41) is 1.15. The number of hydrogen-bond donors (Lipinski definition) is 1. The zero-order valence-electron chi connectivity index (χ0n) is 13.5. The minimum atomic E-state index is 0.0492. The average molecular weight is 309 g/mol. The normalized spacial score (nSPS) is 38.3. The van der Waals surface area contributed by atoms with E-state index < -0.39 is 0 Å². The first-order valence-corrected chi connectivity index (χ1v) is 8.76. The topological polar surface area (TPSA) is 51.4 Å². The van der Waals surface area contributed by atoms with Gasteiger partial charge in [0.25, 0.3) is 0 Å². The van der Waals surface area contributed by atoms with Crippen LogP contribution in [0.3, 0.4) is 0 Å². The Labute approximate surface area is 136 Å². The number of pyridine rings is 1. The summed E-state index contributed by atoms with van der Waals surface area (Å²) < 4.78 is 6.78. The van der Waals surface area contributed by atoms with Gasteiger partial charge in [0.2, 0.25) is 0 Å². The summed E-state index contributed by atoms with van der Waals surface area (Å²) in [4.78, 5) is 7.16. The monoisotopic (exact) mass is 309 g/mol. The molecule has 2 aromatic rings. The van der Waals surface area contributed by atoms with E-state index in [0.29, 0.717) is 6.04 Å². The molecule has 2 N–H and O–H groups in total. The van der Waals surface area contributed by atoms with Crippen molar-refractivity contribution >= 4 is 16.6 Å². The molecule has 5 fully saturated rings. The highest BCUT2D eigenvalue weighted by Crippen LogP contribution is 2.54. The number of nitrogens with two attached hydrogens (primary N) is 1. The molecule has 5 aliphatic heterocycles. The van der Waals surface area contributed by atoms with E-state index in [0.717, 1.165) is 35.5 Å². The third-order valence-electron chi connectivity index (χ3n) is 6.39. The predicted octanol–water partition coefficient (Wildman–Crippen LogP) is 3.13. The number of aromatic nitrogens is 1. The standard InChI is InChI=1S/C19H23N3O/c1-2-19-11-22-8-6-12(19)9-17(22)18(23-19)14-5-7-21-16-4-3-13(20)10-15(14)16/h3-5,7,10,12,17-18H,2,6,8-9,11,20H2,1H3/t12?,17?,18-,19?/m0/s1. The first-order valence-electron chi connectivity index (χ1n) is 8.76. The van der Waals surface area contributed by atoms with Crippen LogP contribution in [-0.2, 0) is 4.74 Å². The first kappa shape index (κ1) is 13.8. The van der Waals surface area contributed by atoms with E-state index in [4.69, 9.17) is 10.5 Å². The van der Waals surface area contributed by atoms with Gasteiger partial charge in [-0.3, -0.25) is 9.88 Å². The number of ether oxygens (including phenoxy) is 1. The number of benzene rings is 1. The van der Waals surface area contributed by atoms with Crippen molar-refractivity contribution < 1.29 is 4.74 Å². The van der Waals surface area contributed by atoms with E-state index in [1.807, 2.05) is 18.3 Å². The van der Waals surface area contributed by atoms with Crippen LogP contribution < -0.4 is 5.73 Å². The highest BCUT2D eigenvalue weighted by Gasteiger charge is 2.58.